The standard InChI is InChI=1S/C48H35N3O/c1-31(2)32-16-24-38(25-17-32)46-49-47(39-26-20-36(21-27-39)34-12-7-4-8-13-34)51-48(50-46)40-28-29-42-44(30-40)52-43-15-9-14-41(45(42)43)37-22-18-35(19-23-37)33-10-5-3-6-11-33/h3-31H,1-2H3. The highest BCUT2D eigenvalue weighted by Crippen LogP contribution is 2.39. The van der Waals surface area contributed by atoms with Crippen LogP contribution in [0.5, 0.6) is 0 Å². The Morgan fingerprint density at radius 3 is 1.40 bits per heavy atom. The molecule has 248 valence electrons. The molecule has 0 atom stereocenters. The highest BCUT2D eigenvalue weighted by atomic mass is 16.3. The summed E-state index contributed by atoms with van der Waals surface area (Å²) >= 11 is 0. The van der Waals surface area contributed by atoms with Gasteiger partial charge >= 0.3 is 0 Å². The molecule has 0 aliphatic carbocycles. The van der Waals surface area contributed by atoms with Crippen molar-refractivity contribution in [1.82, 2.24) is 15.0 Å². The number of rotatable bonds is 7. The second-order valence-electron chi connectivity index (χ2n) is 13.5. The number of benzene rings is 7. The second-order valence-corrected chi connectivity index (χ2v) is 13.5. The molecule has 9 aromatic rings. The van der Waals surface area contributed by atoms with Gasteiger partial charge in [0, 0.05) is 27.5 Å². The topological polar surface area (TPSA) is 51.8 Å². The third-order valence-corrected chi connectivity index (χ3v) is 9.78. The lowest BCUT2D eigenvalue weighted by Gasteiger charge is -2.10. The number of nitrogens with zero attached hydrogens (tertiary/aromatic N) is 3. The van der Waals surface area contributed by atoms with Crippen molar-refractivity contribution in [1.29, 1.82) is 0 Å². The van der Waals surface area contributed by atoms with Crippen molar-refractivity contribution in [2.75, 3.05) is 0 Å². The van der Waals surface area contributed by atoms with Crippen LogP contribution in [0.3, 0.4) is 0 Å². The zero-order valence-electron chi connectivity index (χ0n) is 29.0. The monoisotopic (exact) mass is 669 g/mol. The van der Waals surface area contributed by atoms with Crippen LogP contribution in [0.1, 0.15) is 25.3 Å². The van der Waals surface area contributed by atoms with Crippen molar-refractivity contribution in [2.45, 2.75) is 19.8 Å². The fourth-order valence-corrected chi connectivity index (χ4v) is 6.90. The van der Waals surface area contributed by atoms with E-state index in [1.165, 1.54) is 22.3 Å². The van der Waals surface area contributed by atoms with E-state index in [0.29, 0.717) is 23.4 Å². The van der Waals surface area contributed by atoms with Gasteiger partial charge in [-0.15, -0.1) is 0 Å². The van der Waals surface area contributed by atoms with E-state index in [2.05, 4.69) is 166 Å². The second kappa shape index (κ2) is 13.2. The number of aromatic nitrogens is 3. The van der Waals surface area contributed by atoms with Crippen molar-refractivity contribution in [2.24, 2.45) is 0 Å². The van der Waals surface area contributed by atoms with E-state index in [0.717, 1.165) is 55.3 Å². The number of fused-ring (bicyclic) bond motifs is 3. The third-order valence-electron chi connectivity index (χ3n) is 9.78. The Labute approximate surface area is 303 Å². The van der Waals surface area contributed by atoms with Crippen molar-refractivity contribution >= 4 is 21.9 Å². The molecule has 4 nitrogen and oxygen atoms in total. The summed E-state index contributed by atoms with van der Waals surface area (Å²) in [4.78, 5) is 15.1. The highest BCUT2D eigenvalue weighted by Gasteiger charge is 2.17. The van der Waals surface area contributed by atoms with Crippen LogP contribution in [-0.4, -0.2) is 15.0 Å². The zero-order chi connectivity index (χ0) is 35.0. The van der Waals surface area contributed by atoms with Crippen molar-refractivity contribution in [3.63, 3.8) is 0 Å². The summed E-state index contributed by atoms with van der Waals surface area (Å²) in [7, 11) is 0. The Balaban J connectivity index is 1.13. The summed E-state index contributed by atoms with van der Waals surface area (Å²) in [5.41, 5.74) is 12.6. The molecule has 0 amide bonds. The van der Waals surface area contributed by atoms with Crippen molar-refractivity contribution in [3.05, 3.63) is 175 Å². The lowest BCUT2D eigenvalue weighted by Crippen LogP contribution is -2.00. The van der Waals surface area contributed by atoms with Crippen LogP contribution in [0.4, 0.5) is 0 Å². The van der Waals surface area contributed by atoms with Crippen molar-refractivity contribution < 1.29 is 4.42 Å². The first kappa shape index (κ1) is 31.3. The molecular weight excluding hydrogens is 635 g/mol. The summed E-state index contributed by atoms with van der Waals surface area (Å²) in [6.45, 7) is 4.40. The summed E-state index contributed by atoms with van der Waals surface area (Å²) < 4.78 is 6.52. The molecule has 0 radical (unpaired) electrons. The molecule has 4 heteroatoms. The average molecular weight is 670 g/mol. The predicted octanol–water partition coefficient (Wildman–Crippen LogP) is 12.9. The van der Waals surface area contributed by atoms with Gasteiger partial charge in [0.1, 0.15) is 11.2 Å². The molecule has 0 unspecified atom stereocenters. The molecular formula is C48H35N3O. The minimum atomic E-state index is 0.436. The smallest absolute Gasteiger partial charge is 0.164 e. The van der Waals surface area contributed by atoms with Crippen LogP contribution in [0.25, 0.3) is 89.5 Å². The molecule has 2 aromatic heterocycles. The van der Waals surface area contributed by atoms with Gasteiger partial charge in [-0.1, -0.05) is 166 Å². The fraction of sp³-hybridized carbons (Fsp3) is 0.0625. The molecule has 2 heterocycles. The van der Waals surface area contributed by atoms with Gasteiger partial charge in [-0.3, -0.25) is 0 Å². The van der Waals surface area contributed by atoms with Gasteiger partial charge in [-0.2, -0.15) is 0 Å². The number of hydrogen-bond acceptors (Lipinski definition) is 4. The molecule has 0 saturated carbocycles. The fourth-order valence-electron chi connectivity index (χ4n) is 6.90. The lowest BCUT2D eigenvalue weighted by molar-refractivity contribution is 0.669. The zero-order valence-corrected chi connectivity index (χ0v) is 29.0. The quantitative estimate of drug-likeness (QED) is 0.169. The molecule has 0 aliphatic rings. The summed E-state index contributed by atoms with van der Waals surface area (Å²) in [6, 6.07) is 59.1. The molecule has 0 saturated heterocycles. The summed E-state index contributed by atoms with van der Waals surface area (Å²) in [6.07, 6.45) is 0. The predicted molar refractivity (Wildman–Crippen MR) is 214 cm³/mol. The van der Waals surface area contributed by atoms with Crippen LogP contribution < -0.4 is 0 Å². The van der Waals surface area contributed by atoms with Crippen LogP contribution in [-0.2, 0) is 0 Å². The molecule has 52 heavy (non-hydrogen) atoms. The number of hydrogen-bond donors (Lipinski definition) is 0. The molecule has 0 bridgehead atoms. The Morgan fingerprint density at radius 1 is 0.385 bits per heavy atom. The van der Waals surface area contributed by atoms with E-state index in [4.69, 9.17) is 19.4 Å². The first-order chi connectivity index (χ1) is 25.6. The normalized spacial score (nSPS) is 11.4. The minimum Gasteiger partial charge on any atom is -0.456 e. The van der Waals surface area contributed by atoms with Gasteiger partial charge in [-0.05, 0) is 63.1 Å². The van der Waals surface area contributed by atoms with Crippen LogP contribution >= 0.6 is 0 Å². The Bertz CT molecular complexity index is 2660. The van der Waals surface area contributed by atoms with Gasteiger partial charge in [0.05, 0.1) is 0 Å². The van der Waals surface area contributed by atoms with Gasteiger partial charge in [0.2, 0.25) is 0 Å². The summed E-state index contributed by atoms with van der Waals surface area (Å²) in [5, 5.41) is 2.15. The molecule has 7 aromatic carbocycles. The van der Waals surface area contributed by atoms with E-state index in [1.807, 2.05) is 18.2 Å². The van der Waals surface area contributed by atoms with Gasteiger partial charge in [0.25, 0.3) is 0 Å². The van der Waals surface area contributed by atoms with Gasteiger partial charge < -0.3 is 4.42 Å². The molecule has 9 rings (SSSR count). The Morgan fingerprint density at radius 2 is 0.846 bits per heavy atom. The van der Waals surface area contributed by atoms with Crippen LogP contribution in [0, 0.1) is 0 Å². The van der Waals surface area contributed by atoms with Crippen molar-refractivity contribution in [3.8, 4) is 67.5 Å². The van der Waals surface area contributed by atoms with E-state index in [1.54, 1.807) is 0 Å². The molecule has 0 fully saturated rings. The van der Waals surface area contributed by atoms with Crippen LogP contribution in [0.15, 0.2) is 174 Å². The minimum absolute atomic E-state index is 0.436. The Kier molecular flexibility index (Phi) is 7.98. The Hall–Kier alpha value is -6.65. The van der Waals surface area contributed by atoms with E-state index < -0.39 is 0 Å². The maximum Gasteiger partial charge on any atom is 0.164 e. The first-order valence-corrected chi connectivity index (χ1v) is 17.7. The molecule has 0 spiro atoms. The third kappa shape index (κ3) is 5.95. The van der Waals surface area contributed by atoms with E-state index >= 15 is 0 Å². The lowest BCUT2D eigenvalue weighted by atomic mass is 9.96. The maximum absolute atomic E-state index is 6.52. The molecule has 0 N–H and O–H groups in total. The SMILES string of the molecule is CC(C)c1ccc(-c2nc(-c3ccc(-c4ccccc4)cc3)nc(-c3ccc4c(c3)oc3cccc(-c5ccc(-c6ccccc6)cc5)c34)n2)cc1. The number of furan rings is 1. The first-order valence-electron chi connectivity index (χ1n) is 17.7. The maximum atomic E-state index is 6.52. The summed E-state index contributed by atoms with van der Waals surface area (Å²) in [5.74, 6) is 2.29. The largest absolute Gasteiger partial charge is 0.456 e. The van der Waals surface area contributed by atoms with Crippen LogP contribution in [0.2, 0.25) is 0 Å². The van der Waals surface area contributed by atoms with Gasteiger partial charge in [-0.25, -0.2) is 15.0 Å². The highest BCUT2D eigenvalue weighted by molar-refractivity contribution is 6.13. The van der Waals surface area contributed by atoms with E-state index in [9.17, 15) is 0 Å². The van der Waals surface area contributed by atoms with E-state index in [-0.39, 0.29) is 0 Å². The van der Waals surface area contributed by atoms with Gasteiger partial charge in [0.15, 0.2) is 17.5 Å². The average Bonchev–Trinajstić information content (AvgIpc) is 3.60. The molecule has 0 aliphatic heterocycles.